The van der Waals surface area contributed by atoms with Gasteiger partial charge >= 0.3 is 0 Å². The highest BCUT2D eigenvalue weighted by Crippen LogP contribution is 2.34. The predicted molar refractivity (Wildman–Crippen MR) is 74.9 cm³/mol. The molecule has 2 heterocycles. The van der Waals surface area contributed by atoms with Gasteiger partial charge in [0.05, 0.1) is 0 Å². The smallest absolute Gasteiger partial charge is 0.224 e. The van der Waals surface area contributed by atoms with Crippen LogP contribution in [-0.4, -0.2) is 20.2 Å². The van der Waals surface area contributed by atoms with Crippen LogP contribution in [0.3, 0.4) is 0 Å². The third kappa shape index (κ3) is 2.71. The highest BCUT2D eigenvalue weighted by Gasteiger charge is 2.19. The Morgan fingerprint density at radius 3 is 2.95 bits per heavy atom. The lowest BCUT2D eigenvalue weighted by atomic mass is 10.0. The Balaban J connectivity index is 1.77. The summed E-state index contributed by atoms with van der Waals surface area (Å²) in [5.41, 5.74) is 2.15. The monoisotopic (exact) mass is 277 g/mol. The molecule has 1 fully saturated rings. The number of H-pyrrole nitrogens is 1. The normalized spacial score (nSPS) is 15.9. The quantitative estimate of drug-likeness (QED) is 0.842. The van der Waals surface area contributed by atoms with Crippen LogP contribution in [0.1, 0.15) is 42.9 Å². The molecule has 0 aromatic carbocycles. The van der Waals surface area contributed by atoms with E-state index in [9.17, 15) is 0 Å². The Kier molecular flexibility index (Phi) is 3.38. The second-order valence-electron chi connectivity index (χ2n) is 4.99. The molecule has 0 unspecified atom stereocenters. The molecule has 0 radical (unpaired) electrons. The van der Waals surface area contributed by atoms with Crippen LogP contribution < -0.4 is 5.32 Å². The van der Waals surface area contributed by atoms with E-state index in [1.165, 1.54) is 31.4 Å². The topological polar surface area (TPSA) is 66.5 Å². The van der Waals surface area contributed by atoms with Crippen molar-refractivity contribution in [1.29, 1.82) is 0 Å². The fraction of sp³-hybridized carbons (Fsp3) is 0.462. The molecule has 1 saturated carbocycles. The molecule has 0 amide bonds. The van der Waals surface area contributed by atoms with Gasteiger partial charge in [-0.1, -0.05) is 12.8 Å². The highest BCUT2D eigenvalue weighted by atomic mass is 35.5. The van der Waals surface area contributed by atoms with Gasteiger partial charge in [0.25, 0.3) is 0 Å². The Bertz CT molecular complexity index is 574. The van der Waals surface area contributed by atoms with E-state index in [2.05, 4.69) is 31.5 Å². The van der Waals surface area contributed by atoms with E-state index in [1.807, 2.05) is 6.92 Å². The van der Waals surface area contributed by atoms with Gasteiger partial charge in [-0.05, 0) is 31.4 Å². The van der Waals surface area contributed by atoms with Crippen molar-refractivity contribution in [3.63, 3.8) is 0 Å². The number of aryl methyl sites for hydroxylation is 1. The summed E-state index contributed by atoms with van der Waals surface area (Å²) in [6.07, 6.45) is 6.82. The predicted octanol–water partition coefficient (Wildman–Crippen LogP) is 3.56. The summed E-state index contributed by atoms with van der Waals surface area (Å²) in [5.74, 6) is 2.10. The molecule has 0 spiro atoms. The van der Waals surface area contributed by atoms with E-state index in [4.69, 9.17) is 11.6 Å². The first-order valence-electron chi connectivity index (χ1n) is 6.54. The van der Waals surface area contributed by atoms with Gasteiger partial charge in [0.2, 0.25) is 5.28 Å². The van der Waals surface area contributed by atoms with Crippen LogP contribution in [0.15, 0.2) is 12.3 Å². The van der Waals surface area contributed by atoms with E-state index in [1.54, 1.807) is 6.20 Å². The van der Waals surface area contributed by atoms with Gasteiger partial charge in [-0.25, -0.2) is 9.97 Å². The van der Waals surface area contributed by atoms with E-state index < -0.39 is 0 Å². The maximum Gasteiger partial charge on any atom is 0.224 e. The van der Waals surface area contributed by atoms with Crippen LogP contribution >= 0.6 is 11.6 Å². The van der Waals surface area contributed by atoms with E-state index >= 15 is 0 Å². The first-order chi connectivity index (χ1) is 9.22. The molecule has 2 aromatic heterocycles. The van der Waals surface area contributed by atoms with Crippen LogP contribution in [0.5, 0.6) is 0 Å². The second-order valence-corrected chi connectivity index (χ2v) is 5.32. The fourth-order valence-electron chi connectivity index (χ4n) is 2.51. The zero-order chi connectivity index (χ0) is 13.2. The van der Waals surface area contributed by atoms with Crippen molar-refractivity contribution in [2.24, 2.45) is 0 Å². The number of aromatic nitrogens is 4. The largest absolute Gasteiger partial charge is 0.323 e. The van der Waals surface area contributed by atoms with Gasteiger partial charge in [0.1, 0.15) is 5.82 Å². The number of nitrogens with one attached hydrogen (secondary N) is 2. The summed E-state index contributed by atoms with van der Waals surface area (Å²) in [5, 5.41) is 10.8. The molecule has 2 N–H and O–H groups in total. The Hall–Kier alpha value is -1.62. The van der Waals surface area contributed by atoms with Gasteiger partial charge in [-0.3, -0.25) is 5.10 Å². The summed E-state index contributed by atoms with van der Waals surface area (Å²) >= 11 is 5.80. The lowest BCUT2D eigenvalue weighted by Crippen LogP contribution is -1.98. The van der Waals surface area contributed by atoms with Crippen molar-refractivity contribution < 1.29 is 0 Å². The zero-order valence-electron chi connectivity index (χ0n) is 10.8. The average Bonchev–Trinajstić information content (AvgIpc) is 3.04. The van der Waals surface area contributed by atoms with E-state index in [-0.39, 0.29) is 5.28 Å². The minimum Gasteiger partial charge on any atom is -0.323 e. The minimum absolute atomic E-state index is 0.236. The van der Waals surface area contributed by atoms with Crippen LogP contribution in [0.25, 0.3) is 0 Å². The molecule has 0 atom stereocenters. The Morgan fingerprint density at radius 2 is 2.16 bits per heavy atom. The lowest BCUT2D eigenvalue weighted by molar-refractivity contribution is 0.693. The molecule has 0 saturated heterocycles. The lowest BCUT2D eigenvalue weighted by Gasteiger charge is -2.05. The molecule has 1 aliphatic rings. The van der Waals surface area contributed by atoms with Gasteiger partial charge in [0, 0.05) is 29.4 Å². The Morgan fingerprint density at radius 1 is 1.37 bits per heavy atom. The van der Waals surface area contributed by atoms with Crippen molar-refractivity contribution in [3.05, 3.63) is 28.8 Å². The van der Waals surface area contributed by atoms with Crippen molar-refractivity contribution in [3.8, 4) is 0 Å². The third-order valence-corrected chi connectivity index (χ3v) is 3.76. The van der Waals surface area contributed by atoms with Crippen LogP contribution in [0.4, 0.5) is 11.6 Å². The summed E-state index contributed by atoms with van der Waals surface area (Å²) < 4.78 is 0. The first-order valence-corrected chi connectivity index (χ1v) is 6.91. The molecule has 1 aliphatic carbocycles. The maximum atomic E-state index is 5.80. The Labute approximate surface area is 116 Å². The zero-order valence-corrected chi connectivity index (χ0v) is 11.5. The van der Waals surface area contributed by atoms with Crippen molar-refractivity contribution >= 4 is 23.2 Å². The maximum absolute atomic E-state index is 5.80. The summed E-state index contributed by atoms with van der Waals surface area (Å²) in [4.78, 5) is 8.10. The number of anilines is 2. The molecule has 100 valence electrons. The van der Waals surface area contributed by atoms with Crippen molar-refractivity contribution in [2.45, 2.75) is 38.5 Å². The molecule has 5 nitrogen and oxygen atoms in total. The molecule has 19 heavy (non-hydrogen) atoms. The third-order valence-electron chi connectivity index (χ3n) is 3.58. The van der Waals surface area contributed by atoms with Crippen LogP contribution in [0.2, 0.25) is 5.28 Å². The van der Waals surface area contributed by atoms with Crippen LogP contribution in [-0.2, 0) is 0 Å². The number of hydrogen-bond donors (Lipinski definition) is 2. The molecule has 3 rings (SSSR count). The standard InChI is InChI=1S/C13H16ClN5/c1-8-7-15-13(14)17-12(8)16-11-6-10(18-19-11)9-4-2-3-5-9/h6-7,9H,2-5H2,1H3,(H2,15,16,17,18,19). The average molecular weight is 278 g/mol. The van der Waals surface area contributed by atoms with E-state index in [0.717, 1.165) is 11.4 Å². The van der Waals surface area contributed by atoms with Crippen molar-refractivity contribution in [2.75, 3.05) is 5.32 Å². The number of halogens is 1. The molecule has 0 bridgehead atoms. The molecular weight excluding hydrogens is 262 g/mol. The SMILES string of the molecule is Cc1cnc(Cl)nc1Nc1cc(C2CCCC2)[nH]n1. The fourth-order valence-corrected chi connectivity index (χ4v) is 2.65. The van der Waals surface area contributed by atoms with E-state index in [0.29, 0.717) is 11.7 Å². The van der Waals surface area contributed by atoms with Crippen molar-refractivity contribution in [1.82, 2.24) is 20.2 Å². The molecule has 2 aromatic rings. The summed E-state index contributed by atoms with van der Waals surface area (Å²) in [6.45, 7) is 1.93. The number of aromatic amines is 1. The molecular formula is C13H16ClN5. The molecule has 6 heteroatoms. The highest BCUT2D eigenvalue weighted by molar-refractivity contribution is 6.28. The van der Waals surface area contributed by atoms with Gasteiger partial charge in [-0.2, -0.15) is 5.10 Å². The number of rotatable bonds is 3. The first kappa shape index (κ1) is 12.4. The molecule has 0 aliphatic heterocycles. The van der Waals surface area contributed by atoms with Gasteiger partial charge < -0.3 is 5.32 Å². The summed E-state index contributed by atoms with van der Waals surface area (Å²) in [6, 6.07) is 2.06. The van der Waals surface area contributed by atoms with Gasteiger partial charge in [0.15, 0.2) is 5.82 Å². The van der Waals surface area contributed by atoms with Gasteiger partial charge in [-0.15, -0.1) is 0 Å². The van der Waals surface area contributed by atoms with Crippen LogP contribution in [0, 0.1) is 6.92 Å². The second kappa shape index (κ2) is 5.17. The minimum atomic E-state index is 0.236. The summed E-state index contributed by atoms with van der Waals surface area (Å²) in [7, 11) is 0. The number of hydrogen-bond acceptors (Lipinski definition) is 4. The number of nitrogens with zero attached hydrogens (tertiary/aromatic N) is 3.